The third-order valence-electron chi connectivity index (χ3n) is 4.64. The smallest absolute Gasteiger partial charge is 0.374 e. The van der Waals surface area contributed by atoms with Crippen LogP contribution in [0.5, 0.6) is 0 Å². The Morgan fingerprint density at radius 3 is 2.46 bits per heavy atom. The molecule has 0 bridgehead atoms. The first-order chi connectivity index (χ1) is 12.6. The molecule has 0 aliphatic carbocycles. The van der Waals surface area contributed by atoms with E-state index >= 15 is 0 Å². The van der Waals surface area contributed by atoms with Crippen molar-refractivity contribution in [1.29, 1.82) is 0 Å². The molecule has 1 heterocycles. The summed E-state index contributed by atoms with van der Waals surface area (Å²) in [6.07, 6.45) is 0. The molecule has 4 heteroatoms. The van der Waals surface area contributed by atoms with Gasteiger partial charge in [-0.2, -0.15) is 0 Å². The van der Waals surface area contributed by atoms with Gasteiger partial charge in [-0.05, 0) is 13.0 Å². The summed E-state index contributed by atoms with van der Waals surface area (Å²) in [6, 6.07) is 18.5. The normalized spacial score (nSPS) is 12.5. The Bertz CT molecular complexity index is 867. The Morgan fingerprint density at radius 2 is 1.77 bits per heavy atom. The summed E-state index contributed by atoms with van der Waals surface area (Å²) in [5.41, 5.74) is 2.91. The molecule has 0 aliphatic heterocycles. The van der Waals surface area contributed by atoms with Crippen molar-refractivity contribution in [3.8, 4) is 0 Å². The van der Waals surface area contributed by atoms with E-state index in [1.54, 1.807) is 6.92 Å². The number of carbonyl (C=O) groups is 1. The first-order valence-electron chi connectivity index (χ1n) is 9.17. The molecule has 3 rings (SSSR count). The monoisotopic (exact) mass is 352 g/mol. The van der Waals surface area contributed by atoms with Crippen LogP contribution < -0.4 is 5.32 Å². The summed E-state index contributed by atoms with van der Waals surface area (Å²) in [7, 11) is 0. The lowest BCUT2D eigenvalue weighted by Gasteiger charge is -2.19. The van der Waals surface area contributed by atoms with Crippen LogP contribution in [0.2, 0.25) is 0 Å². The average Bonchev–Trinajstić information content (AvgIpc) is 3.02. The van der Waals surface area contributed by atoms with Gasteiger partial charge < -0.3 is 14.5 Å². The van der Waals surface area contributed by atoms with Gasteiger partial charge >= 0.3 is 5.97 Å². The number of ether oxygens (including phenoxy) is 1. The standard InChI is InChI=1S/C22H25NO3/c1-4-25-22(24)21-18(17-12-8-9-13-19(17)26-21)14-23-20(15(2)3)16-10-6-5-7-11-16/h5-13,15,20,23H,4,14H2,1-3H3/p+1/t20-/m0/s1. The van der Waals surface area contributed by atoms with Crippen molar-refractivity contribution in [1.82, 2.24) is 0 Å². The van der Waals surface area contributed by atoms with Crippen molar-refractivity contribution in [2.75, 3.05) is 6.61 Å². The van der Waals surface area contributed by atoms with Crippen LogP contribution in [0.15, 0.2) is 59.0 Å². The third-order valence-corrected chi connectivity index (χ3v) is 4.64. The molecule has 1 atom stereocenters. The molecule has 0 amide bonds. The summed E-state index contributed by atoms with van der Waals surface area (Å²) in [6.45, 7) is 7.22. The van der Waals surface area contributed by atoms with E-state index in [4.69, 9.17) is 9.15 Å². The largest absolute Gasteiger partial charge is 0.460 e. The molecule has 1 aromatic heterocycles. The minimum absolute atomic E-state index is 0.305. The van der Waals surface area contributed by atoms with E-state index in [-0.39, 0.29) is 0 Å². The molecule has 136 valence electrons. The molecular weight excluding hydrogens is 326 g/mol. The lowest BCUT2D eigenvalue weighted by Crippen LogP contribution is -2.84. The molecule has 0 radical (unpaired) electrons. The SMILES string of the molecule is CCOC(=O)c1oc2ccccc2c1C[NH2+][C@H](c1ccccc1)C(C)C. The fraction of sp³-hybridized carbons (Fsp3) is 0.318. The Labute approximate surface area is 154 Å². The van der Waals surface area contributed by atoms with Gasteiger partial charge in [0.1, 0.15) is 18.2 Å². The van der Waals surface area contributed by atoms with Crippen molar-refractivity contribution in [2.45, 2.75) is 33.4 Å². The number of esters is 1. The zero-order valence-electron chi connectivity index (χ0n) is 15.6. The van der Waals surface area contributed by atoms with Gasteiger partial charge in [0.2, 0.25) is 5.76 Å². The van der Waals surface area contributed by atoms with Gasteiger partial charge in [-0.1, -0.05) is 62.4 Å². The molecule has 0 saturated heterocycles. The second kappa shape index (κ2) is 8.19. The zero-order valence-corrected chi connectivity index (χ0v) is 15.6. The molecule has 0 aliphatic rings. The van der Waals surface area contributed by atoms with E-state index in [1.165, 1.54) is 5.56 Å². The maximum atomic E-state index is 12.4. The fourth-order valence-electron chi connectivity index (χ4n) is 3.38. The van der Waals surface area contributed by atoms with Crippen LogP contribution in [-0.4, -0.2) is 12.6 Å². The van der Waals surface area contributed by atoms with E-state index in [0.717, 1.165) is 16.5 Å². The zero-order chi connectivity index (χ0) is 18.5. The molecule has 0 unspecified atom stereocenters. The molecule has 0 saturated carbocycles. The second-order valence-corrected chi connectivity index (χ2v) is 6.75. The Hall–Kier alpha value is -2.59. The van der Waals surface area contributed by atoms with E-state index in [0.29, 0.717) is 30.9 Å². The van der Waals surface area contributed by atoms with Crippen molar-refractivity contribution in [3.63, 3.8) is 0 Å². The summed E-state index contributed by atoms with van der Waals surface area (Å²) < 4.78 is 11.0. The minimum Gasteiger partial charge on any atom is -0.460 e. The molecule has 4 nitrogen and oxygen atoms in total. The van der Waals surface area contributed by atoms with Crippen molar-refractivity contribution < 1.29 is 19.3 Å². The van der Waals surface area contributed by atoms with Gasteiger partial charge in [-0.3, -0.25) is 0 Å². The van der Waals surface area contributed by atoms with Crippen LogP contribution in [0.25, 0.3) is 11.0 Å². The number of carbonyl (C=O) groups excluding carboxylic acids is 1. The van der Waals surface area contributed by atoms with Crippen molar-refractivity contribution in [3.05, 3.63) is 71.5 Å². The Kier molecular flexibility index (Phi) is 5.74. The predicted octanol–water partition coefficient (Wildman–Crippen LogP) is 4.07. The van der Waals surface area contributed by atoms with Gasteiger partial charge in [0.25, 0.3) is 0 Å². The Morgan fingerprint density at radius 1 is 1.08 bits per heavy atom. The minimum atomic E-state index is -0.395. The molecule has 26 heavy (non-hydrogen) atoms. The summed E-state index contributed by atoms with van der Waals surface area (Å²) >= 11 is 0. The van der Waals surface area contributed by atoms with Gasteiger partial charge in [-0.25, -0.2) is 4.79 Å². The highest BCUT2D eigenvalue weighted by Crippen LogP contribution is 2.26. The first-order valence-corrected chi connectivity index (χ1v) is 9.17. The quantitative estimate of drug-likeness (QED) is 0.652. The van der Waals surface area contributed by atoms with Crippen LogP contribution in [0.4, 0.5) is 0 Å². The van der Waals surface area contributed by atoms with Gasteiger partial charge in [0.15, 0.2) is 0 Å². The van der Waals surface area contributed by atoms with Gasteiger partial charge in [-0.15, -0.1) is 0 Å². The number of hydrogen-bond acceptors (Lipinski definition) is 3. The fourth-order valence-corrected chi connectivity index (χ4v) is 3.38. The van der Waals surface area contributed by atoms with Crippen molar-refractivity contribution in [2.24, 2.45) is 5.92 Å². The molecule has 3 aromatic rings. The number of fused-ring (bicyclic) bond motifs is 1. The summed E-state index contributed by atoms with van der Waals surface area (Å²) in [4.78, 5) is 12.4. The molecule has 0 fully saturated rings. The Balaban J connectivity index is 1.92. The van der Waals surface area contributed by atoms with E-state index in [2.05, 4.69) is 43.4 Å². The molecular formula is C22H26NO3+. The van der Waals surface area contributed by atoms with Crippen LogP contribution in [0.1, 0.15) is 48.5 Å². The number of quaternary nitrogens is 1. The molecule has 2 N–H and O–H groups in total. The lowest BCUT2D eigenvalue weighted by molar-refractivity contribution is -0.717. The number of rotatable bonds is 7. The van der Waals surface area contributed by atoms with E-state index in [1.807, 2.05) is 30.3 Å². The highest BCUT2D eigenvalue weighted by atomic mass is 16.5. The predicted molar refractivity (Wildman–Crippen MR) is 102 cm³/mol. The maximum absolute atomic E-state index is 12.4. The number of hydrogen-bond donors (Lipinski definition) is 1. The number of benzene rings is 2. The highest BCUT2D eigenvalue weighted by molar-refractivity contribution is 5.95. The topological polar surface area (TPSA) is 56.0 Å². The number of furan rings is 1. The lowest BCUT2D eigenvalue weighted by atomic mass is 9.95. The summed E-state index contributed by atoms with van der Waals surface area (Å²) in [5.74, 6) is 0.384. The van der Waals surface area contributed by atoms with E-state index < -0.39 is 5.97 Å². The highest BCUT2D eigenvalue weighted by Gasteiger charge is 2.25. The van der Waals surface area contributed by atoms with Crippen molar-refractivity contribution >= 4 is 16.9 Å². The van der Waals surface area contributed by atoms with Crippen LogP contribution in [0, 0.1) is 5.92 Å². The first kappa shape index (κ1) is 18.2. The maximum Gasteiger partial charge on any atom is 0.374 e. The summed E-state index contributed by atoms with van der Waals surface area (Å²) in [5, 5.41) is 3.25. The molecule has 0 spiro atoms. The number of para-hydroxylation sites is 1. The number of nitrogens with two attached hydrogens (primary N) is 1. The van der Waals surface area contributed by atoms with Crippen LogP contribution in [-0.2, 0) is 11.3 Å². The van der Waals surface area contributed by atoms with Crippen LogP contribution in [0.3, 0.4) is 0 Å². The van der Waals surface area contributed by atoms with E-state index in [9.17, 15) is 4.79 Å². The molecule has 2 aromatic carbocycles. The van der Waals surface area contributed by atoms with Gasteiger partial charge in [0, 0.05) is 16.9 Å². The third kappa shape index (κ3) is 3.81. The van der Waals surface area contributed by atoms with Crippen LogP contribution >= 0.6 is 0 Å². The second-order valence-electron chi connectivity index (χ2n) is 6.75. The van der Waals surface area contributed by atoms with Gasteiger partial charge in [0.05, 0.1) is 12.2 Å². The average molecular weight is 352 g/mol.